The van der Waals surface area contributed by atoms with E-state index >= 15 is 0 Å². The Morgan fingerprint density at radius 1 is 0.857 bits per heavy atom. The first-order valence-electron chi connectivity index (χ1n) is 6.50. The van der Waals surface area contributed by atoms with Gasteiger partial charge in [0.05, 0.1) is 0 Å². The molecule has 0 heteroatoms. The van der Waals surface area contributed by atoms with E-state index < -0.39 is 0 Å². The summed E-state index contributed by atoms with van der Waals surface area (Å²) < 4.78 is 0. The molecule has 0 aliphatic rings. The van der Waals surface area contributed by atoms with Crippen LogP contribution < -0.4 is 0 Å². The quantitative estimate of drug-likeness (QED) is 0.345. The van der Waals surface area contributed by atoms with E-state index in [1.807, 2.05) is 0 Å². The Balaban J connectivity index is 3.59. The Labute approximate surface area is 90.8 Å². The van der Waals surface area contributed by atoms with E-state index in [4.69, 9.17) is 0 Å². The van der Waals surface area contributed by atoms with Gasteiger partial charge in [-0.2, -0.15) is 0 Å². The second-order valence-corrected chi connectivity index (χ2v) is 4.27. The highest BCUT2D eigenvalue weighted by Crippen LogP contribution is 2.19. The van der Waals surface area contributed by atoms with Gasteiger partial charge in [0.25, 0.3) is 0 Å². The molecule has 0 rings (SSSR count). The predicted octanol–water partition coefficient (Wildman–Crippen LogP) is 5.34. The zero-order valence-corrected chi connectivity index (χ0v) is 10.4. The number of rotatable bonds is 9. The van der Waals surface area contributed by atoms with Gasteiger partial charge < -0.3 is 0 Å². The fraction of sp³-hybridized carbons (Fsp3) is 0.857. The molecule has 0 nitrogen and oxygen atoms in total. The van der Waals surface area contributed by atoms with Crippen LogP contribution in [0.4, 0.5) is 0 Å². The maximum atomic E-state index is 2.38. The minimum atomic E-state index is 0.953. The van der Waals surface area contributed by atoms with Gasteiger partial charge in [0, 0.05) is 0 Å². The lowest BCUT2D eigenvalue weighted by molar-refractivity contribution is 0.428. The molecule has 1 unspecified atom stereocenters. The topological polar surface area (TPSA) is 0 Å². The van der Waals surface area contributed by atoms with Gasteiger partial charge in [0.15, 0.2) is 0 Å². The molecule has 0 aromatic carbocycles. The zero-order chi connectivity index (χ0) is 10.6. The molecular formula is C14H28. The van der Waals surface area contributed by atoms with Crippen molar-refractivity contribution in [2.24, 2.45) is 5.92 Å². The molecule has 0 heterocycles. The second kappa shape index (κ2) is 10.8. The monoisotopic (exact) mass is 196 g/mol. The van der Waals surface area contributed by atoms with Gasteiger partial charge in [-0.1, -0.05) is 71.4 Å². The van der Waals surface area contributed by atoms with Crippen LogP contribution in [0.15, 0.2) is 12.2 Å². The molecule has 14 heavy (non-hydrogen) atoms. The molecule has 0 radical (unpaired) electrons. The summed E-state index contributed by atoms with van der Waals surface area (Å²) in [6.45, 7) is 6.80. The summed E-state index contributed by atoms with van der Waals surface area (Å²) >= 11 is 0. The summed E-state index contributed by atoms with van der Waals surface area (Å²) in [4.78, 5) is 0. The van der Waals surface area contributed by atoms with E-state index in [-0.39, 0.29) is 0 Å². The van der Waals surface area contributed by atoms with Crippen LogP contribution in [0.2, 0.25) is 0 Å². The van der Waals surface area contributed by atoms with Crippen molar-refractivity contribution in [1.29, 1.82) is 0 Å². The number of hydrogen-bond donors (Lipinski definition) is 0. The predicted molar refractivity (Wildman–Crippen MR) is 66.6 cm³/mol. The molecule has 0 fully saturated rings. The first kappa shape index (κ1) is 13.7. The lowest BCUT2D eigenvalue weighted by atomic mass is 9.93. The van der Waals surface area contributed by atoms with Crippen molar-refractivity contribution < 1.29 is 0 Å². The van der Waals surface area contributed by atoms with Gasteiger partial charge in [-0.05, 0) is 18.8 Å². The minimum Gasteiger partial charge on any atom is -0.0888 e. The standard InChI is InChI=1S/C14H28/c1-4-7-9-12-14(11-6-3)13-10-8-5-2/h7,9,14H,4-6,8,10-13H2,1-3H3. The molecule has 0 saturated heterocycles. The molecule has 0 bridgehead atoms. The number of hydrogen-bond acceptors (Lipinski definition) is 0. The van der Waals surface area contributed by atoms with E-state index in [2.05, 4.69) is 32.9 Å². The molecular weight excluding hydrogens is 168 g/mol. The van der Waals surface area contributed by atoms with Crippen LogP contribution in [0, 0.1) is 5.92 Å². The first-order chi connectivity index (χ1) is 6.85. The molecule has 0 aliphatic heterocycles. The van der Waals surface area contributed by atoms with Crippen LogP contribution in [0.5, 0.6) is 0 Å². The van der Waals surface area contributed by atoms with Crippen LogP contribution in [0.3, 0.4) is 0 Å². The molecule has 0 spiro atoms. The SMILES string of the molecule is CCC=CCC(CCC)CCCCC. The molecule has 0 saturated carbocycles. The molecule has 0 aromatic heterocycles. The third kappa shape index (κ3) is 8.34. The van der Waals surface area contributed by atoms with Gasteiger partial charge in [-0.25, -0.2) is 0 Å². The highest BCUT2D eigenvalue weighted by molar-refractivity contribution is 4.82. The average Bonchev–Trinajstić information content (AvgIpc) is 2.18. The number of allylic oxidation sites excluding steroid dienone is 2. The Kier molecular flexibility index (Phi) is 10.6. The second-order valence-electron chi connectivity index (χ2n) is 4.27. The summed E-state index contributed by atoms with van der Waals surface area (Å²) in [6.07, 6.45) is 15.6. The van der Waals surface area contributed by atoms with Crippen LogP contribution >= 0.6 is 0 Å². The fourth-order valence-electron chi connectivity index (χ4n) is 1.93. The lowest BCUT2D eigenvalue weighted by Gasteiger charge is -2.13. The Bertz CT molecular complexity index is 124. The van der Waals surface area contributed by atoms with Crippen molar-refractivity contribution in [2.45, 2.75) is 72.1 Å². The average molecular weight is 196 g/mol. The van der Waals surface area contributed by atoms with Crippen molar-refractivity contribution in [3.8, 4) is 0 Å². The van der Waals surface area contributed by atoms with E-state index in [0.717, 1.165) is 5.92 Å². The molecule has 84 valence electrons. The van der Waals surface area contributed by atoms with Gasteiger partial charge in [0.2, 0.25) is 0 Å². The molecule has 0 aromatic rings. The summed E-state index contributed by atoms with van der Waals surface area (Å²) in [7, 11) is 0. The maximum absolute atomic E-state index is 2.38. The molecule has 0 N–H and O–H groups in total. The summed E-state index contributed by atoms with van der Waals surface area (Å²) in [5.74, 6) is 0.953. The Morgan fingerprint density at radius 3 is 2.21 bits per heavy atom. The van der Waals surface area contributed by atoms with Crippen LogP contribution in [-0.4, -0.2) is 0 Å². The number of unbranched alkanes of at least 4 members (excludes halogenated alkanes) is 2. The first-order valence-corrected chi connectivity index (χ1v) is 6.50. The van der Waals surface area contributed by atoms with Gasteiger partial charge in [0.1, 0.15) is 0 Å². The van der Waals surface area contributed by atoms with E-state index in [1.54, 1.807) is 0 Å². The van der Waals surface area contributed by atoms with Crippen molar-refractivity contribution in [2.75, 3.05) is 0 Å². The highest BCUT2D eigenvalue weighted by atomic mass is 14.1. The van der Waals surface area contributed by atoms with Crippen molar-refractivity contribution in [3.63, 3.8) is 0 Å². The lowest BCUT2D eigenvalue weighted by Crippen LogP contribution is -1.98. The third-order valence-electron chi connectivity index (χ3n) is 2.78. The largest absolute Gasteiger partial charge is 0.0888 e. The summed E-state index contributed by atoms with van der Waals surface area (Å²) in [6, 6.07) is 0. The maximum Gasteiger partial charge on any atom is -0.0322 e. The van der Waals surface area contributed by atoms with Crippen molar-refractivity contribution >= 4 is 0 Å². The molecule has 0 aliphatic carbocycles. The van der Waals surface area contributed by atoms with E-state index in [0.29, 0.717) is 0 Å². The molecule has 1 atom stereocenters. The molecule has 0 amide bonds. The smallest absolute Gasteiger partial charge is 0.0322 e. The Hall–Kier alpha value is -0.260. The normalized spacial score (nSPS) is 13.6. The highest BCUT2D eigenvalue weighted by Gasteiger charge is 2.04. The van der Waals surface area contributed by atoms with E-state index in [9.17, 15) is 0 Å². The van der Waals surface area contributed by atoms with Crippen LogP contribution in [0.1, 0.15) is 72.1 Å². The third-order valence-corrected chi connectivity index (χ3v) is 2.78. The summed E-state index contributed by atoms with van der Waals surface area (Å²) in [5, 5.41) is 0. The van der Waals surface area contributed by atoms with Crippen LogP contribution in [0.25, 0.3) is 0 Å². The zero-order valence-electron chi connectivity index (χ0n) is 10.4. The van der Waals surface area contributed by atoms with E-state index in [1.165, 1.54) is 51.4 Å². The van der Waals surface area contributed by atoms with Gasteiger partial charge in [-0.3, -0.25) is 0 Å². The minimum absolute atomic E-state index is 0.953. The van der Waals surface area contributed by atoms with Crippen LogP contribution in [-0.2, 0) is 0 Å². The van der Waals surface area contributed by atoms with Crippen molar-refractivity contribution in [1.82, 2.24) is 0 Å². The van der Waals surface area contributed by atoms with Gasteiger partial charge >= 0.3 is 0 Å². The van der Waals surface area contributed by atoms with Gasteiger partial charge in [-0.15, -0.1) is 0 Å². The van der Waals surface area contributed by atoms with Crippen molar-refractivity contribution in [3.05, 3.63) is 12.2 Å². The Morgan fingerprint density at radius 2 is 1.64 bits per heavy atom. The summed E-state index contributed by atoms with van der Waals surface area (Å²) in [5.41, 5.74) is 0. The fourth-order valence-corrected chi connectivity index (χ4v) is 1.93.